The molecule has 0 aliphatic rings. The van der Waals surface area contributed by atoms with Crippen molar-refractivity contribution in [3.05, 3.63) is 80.1 Å². The highest BCUT2D eigenvalue weighted by Crippen LogP contribution is 2.20. The van der Waals surface area contributed by atoms with Crippen LogP contribution < -0.4 is 10.9 Å². The normalized spacial score (nSPS) is 10.6. The van der Waals surface area contributed by atoms with E-state index in [0.29, 0.717) is 26.3 Å². The molecule has 0 aliphatic carbocycles. The summed E-state index contributed by atoms with van der Waals surface area (Å²) in [7, 11) is 0. The van der Waals surface area contributed by atoms with E-state index in [9.17, 15) is 19.2 Å². The number of hydrogen-bond acceptors (Lipinski definition) is 7. The number of aromatic carboxylic acids is 1. The molecule has 0 unspecified atom stereocenters. The molecule has 2 aromatic carbocycles. The minimum atomic E-state index is -1.20. The number of para-hydroxylation sites is 2. The van der Waals surface area contributed by atoms with Crippen molar-refractivity contribution in [2.45, 2.75) is 17.0 Å². The zero-order chi connectivity index (χ0) is 24.8. The number of carbonyl (C=O) groups is 2. The second kappa shape index (κ2) is 11.1. The van der Waals surface area contributed by atoms with Gasteiger partial charge in [0.25, 0.3) is 0 Å². The quantitative estimate of drug-likeness (QED) is 0.273. The number of aromatic nitrogens is 2. The third-order valence-corrected chi connectivity index (χ3v) is 6.28. The molecule has 0 saturated carbocycles. The third-order valence-electron chi connectivity index (χ3n) is 4.85. The summed E-state index contributed by atoms with van der Waals surface area (Å²) < 4.78 is 4.93. The number of hydrogen-bond donors (Lipinski definition) is 3. The highest BCUT2D eigenvalue weighted by molar-refractivity contribution is 7.98. The van der Waals surface area contributed by atoms with Crippen molar-refractivity contribution in [1.82, 2.24) is 9.97 Å². The van der Waals surface area contributed by atoms with Crippen molar-refractivity contribution in [1.29, 1.82) is 0 Å². The van der Waals surface area contributed by atoms with Crippen LogP contribution in [0, 0.1) is 0 Å². The molecule has 176 valence electrons. The number of esters is 1. The fourth-order valence-electron chi connectivity index (χ4n) is 3.31. The Kier molecular flexibility index (Phi) is 8.19. The summed E-state index contributed by atoms with van der Waals surface area (Å²) in [6.07, 6.45) is 3.54. The average Bonchev–Trinajstić information content (AvgIpc) is 2.84. The molecule has 0 aliphatic heterocycles. The van der Waals surface area contributed by atoms with E-state index in [0.717, 1.165) is 5.52 Å². The Labute approximate surface area is 202 Å². The largest absolute Gasteiger partial charge is 0.477 e. The maximum absolute atomic E-state index is 12.3. The van der Waals surface area contributed by atoms with Gasteiger partial charge in [-0.15, -0.1) is 23.5 Å². The van der Waals surface area contributed by atoms with E-state index < -0.39 is 17.4 Å². The topological polar surface area (TPSA) is 129 Å². The first-order chi connectivity index (χ1) is 16.3. The summed E-state index contributed by atoms with van der Waals surface area (Å²) >= 11 is 2.54. The molecular weight excluding hydrogens is 476 g/mol. The molecule has 0 fully saturated rings. The molecule has 0 spiro atoms. The Morgan fingerprint density at radius 3 is 1.71 bits per heavy atom. The van der Waals surface area contributed by atoms with E-state index in [2.05, 4.69) is 9.97 Å². The third kappa shape index (κ3) is 5.02. The number of pyridine rings is 2. The molecule has 2 aromatic heterocycles. The average molecular weight is 499 g/mol. The van der Waals surface area contributed by atoms with Crippen molar-refractivity contribution in [2.24, 2.45) is 0 Å². The summed E-state index contributed by atoms with van der Waals surface area (Å²) in [6.45, 7) is 1.96. The lowest BCUT2D eigenvalue weighted by molar-refractivity contribution is 0.0519. The van der Waals surface area contributed by atoms with Crippen LogP contribution in [0.5, 0.6) is 0 Å². The number of carboxylic acids is 1. The minimum absolute atomic E-state index is 0.0862. The molecule has 0 atom stereocenters. The standard InChI is InChI=1S/C13H13NO3S.C11H9NO3S/c1-3-17-13(16)10-11(15)8-6-4-5-7-9(8)14-12(10)18-2;1-16-10-8(11(14)15)9(13)6-4-2-3-5-7(6)12-10/h4-7H,3H2,1-2H3,(H,14,15);2-5H,1H3,(H,12,13)(H,14,15). The van der Waals surface area contributed by atoms with Gasteiger partial charge in [-0.25, -0.2) is 9.59 Å². The van der Waals surface area contributed by atoms with E-state index in [1.54, 1.807) is 49.6 Å². The van der Waals surface area contributed by atoms with Crippen LogP contribution in [0.3, 0.4) is 0 Å². The first kappa shape index (κ1) is 25.1. The van der Waals surface area contributed by atoms with Crippen LogP contribution in [0.15, 0.2) is 68.2 Å². The Morgan fingerprint density at radius 1 is 0.824 bits per heavy atom. The smallest absolute Gasteiger partial charge is 0.344 e. The SMILES string of the molecule is CCOC(=O)c1c(SC)[nH]c2ccccc2c1=O.CSc1[nH]c2ccccc2c(=O)c1C(=O)O. The zero-order valence-electron chi connectivity index (χ0n) is 18.6. The molecule has 4 rings (SSSR count). The molecular formula is C24H22N2O6S2. The summed E-state index contributed by atoms with van der Waals surface area (Å²) in [6, 6.07) is 14.0. The van der Waals surface area contributed by atoms with E-state index in [1.165, 1.54) is 23.5 Å². The summed E-state index contributed by atoms with van der Waals surface area (Å²) in [4.78, 5) is 53.1. The van der Waals surface area contributed by atoms with E-state index in [4.69, 9.17) is 9.84 Å². The fraction of sp³-hybridized carbons (Fsp3) is 0.167. The Hall–Kier alpha value is -3.50. The van der Waals surface area contributed by atoms with Crippen molar-refractivity contribution >= 4 is 57.3 Å². The van der Waals surface area contributed by atoms with Gasteiger partial charge >= 0.3 is 11.9 Å². The summed E-state index contributed by atoms with van der Waals surface area (Å²) in [5.74, 6) is -1.77. The van der Waals surface area contributed by atoms with Gasteiger partial charge < -0.3 is 19.8 Å². The number of H-pyrrole nitrogens is 2. The van der Waals surface area contributed by atoms with Gasteiger partial charge in [-0.1, -0.05) is 24.3 Å². The van der Waals surface area contributed by atoms with Crippen LogP contribution in [0.2, 0.25) is 0 Å². The summed E-state index contributed by atoms with van der Waals surface area (Å²) in [5, 5.41) is 10.8. The van der Waals surface area contributed by atoms with Gasteiger partial charge in [0.2, 0.25) is 10.9 Å². The Balaban J connectivity index is 0.000000192. The molecule has 0 amide bonds. The molecule has 0 radical (unpaired) electrons. The number of carbonyl (C=O) groups excluding carboxylic acids is 1. The number of benzene rings is 2. The van der Waals surface area contributed by atoms with Gasteiger partial charge in [0.05, 0.1) is 27.7 Å². The molecule has 0 bridgehead atoms. The van der Waals surface area contributed by atoms with Gasteiger partial charge in [0.15, 0.2) is 0 Å². The lowest BCUT2D eigenvalue weighted by atomic mass is 10.1. The van der Waals surface area contributed by atoms with Crippen molar-refractivity contribution in [3.8, 4) is 0 Å². The number of nitrogens with one attached hydrogen (secondary N) is 2. The van der Waals surface area contributed by atoms with Gasteiger partial charge in [-0.2, -0.15) is 0 Å². The molecule has 34 heavy (non-hydrogen) atoms. The predicted octanol–water partition coefficient (Wildman–Crippen LogP) is 4.37. The van der Waals surface area contributed by atoms with Gasteiger partial charge in [0.1, 0.15) is 11.1 Å². The lowest BCUT2D eigenvalue weighted by Gasteiger charge is -2.08. The molecule has 3 N–H and O–H groups in total. The second-order valence-corrected chi connectivity index (χ2v) is 8.47. The number of rotatable bonds is 5. The van der Waals surface area contributed by atoms with E-state index >= 15 is 0 Å². The van der Waals surface area contributed by atoms with E-state index in [-0.39, 0.29) is 23.2 Å². The first-order valence-corrected chi connectivity index (χ1v) is 12.6. The van der Waals surface area contributed by atoms with Crippen molar-refractivity contribution in [2.75, 3.05) is 19.1 Å². The van der Waals surface area contributed by atoms with Crippen LogP contribution in [0.25, 0.3) is 21.8 Å². The number of fused-ring (bicyclic) bond motifs is 2. The molecule has 8 nitrogen and oxygen atoms in total. The van der Waals surface area contributed by atoms with Crippen LogP contribution in [-0.2, 0) is 4.74 Å². The number of carboxylic acid groups (broad SMARTS) is 1. The van der Waals surface area contributed by atoms with Gasteiger partial charge in [0, 0.05) is 10.8 Å². The molecule has 10 heteroatoms. The van der Waals surface area contributed by atoms with Crippen LogP contribution in [0.1, 0.15) is 27.6 Å². The first-order valence-electron chi connectivity index (χ1n) is 10.1. The number of ether oxygens (including phenoxy) is 1. The van der Waals surface area contributed by atoms with Crippen LogP contribution >= 0.6 is 23.5 Å². The molecule has 2 heterocycles. The highest BCUT2D eigenvalue weighted by atomic mass is 32.2. The predicted molar refractivity (Wildman–Crippen MR) is 136 cm³/mol. The molecule has 4 aromatic rings. The van der Waals surface area contributed by atoms with Gasteiger partial charge in [-0.05, 0) is 43.7 Å². The lowest BCUT2D eigenvalue weighted by Crippen LogP contribution is -2.20. The zero-order valence-corrected chi connectivity index (χ0v) is 20.3. The fourth-order valence-corrected chi connectivity index (χ4v) is 4.50. The highest BCUT2D eigenvalue weighted by Gasteiger charge is 2.19. The van der Waals surface area contributed by atoms with Crippen molar-refractivity contribution < 1.29 is 19.4 Å². The monoisotopic (exact) mass is 498 g/mol. The van der Waals surface area contributed by atoms with Crippen molar-refractivity contribution in [3.63, 3.8) is 0 Å². The summed E-state index contributed by atoms with van der Waals surface area (Å²) in [5.41, 5.74) is 0.550. The minimum Gasteiger partial charge on any atom is -0.477 e. The Morgan fingerprint density at radius 2 is 1.26 bits per heavy atom. The number of thioether (sulfide) groups is 2. The van der Waals surface area contributed by atoms with Crippen LogP contribution in [-0.4, -0.2) is 46.1 Å². The maximum atomic E-state index is 12.3. The Bertz CT molecular complexity index is 1490. The maximum Gasteiger partial charge on any atom is 0.344 e. The molecule has 0 saturated heterocycles. The van der Waals surface area contributed by atoms with Gasteiger partial charge in [-0.3, -0.25) is 9.59 Å². The van der Waals surface area contributed by atoms with E-state index in [1.807, 2.05) is 18.4 Å². The number of aromatic amines is 2. The second-order valence-electron chi connectivity index (χ2n) is 6.84. The van der Waals surface area contributed by atoms with Crippen LogP contribution in [0.4, 0.5) is 0 Å².